The number of hydrogen-bond acceptors (Lipinski definition) is 8. The number of nitrogens with one attached hydrogen (secondary N) is 1. The molecule has 162 valence electrons. The maximum Gasteiger partial charge on any atom is 0.341 e. The van der Waals surface area contributed by atoms with E-state index in [-0.39, 0.29) is 23.5 Å². The molecule has 1 aliphatic rings. The fourth-order valence-corrected chi connectivity index (χ4v) is 4.51. The molecule has 0 atom stereocenters. The second-order valence-electron chi connectivity index (χ2n) is 6.92. The molecule has 0 spiro atoms. The first-order chi connectivity index (χ1) is 15.0. The SMILES string of the molecule is NCc1ccc(Nc2c(SN3CCOCC3)cnc3ccc(Cl)cc23)c(C(=O)O)c1O. The molecule has 10 heteroatoms. The number of hydrogen-bond donors (Lipinski definition) is 4. The highest BCUT2D eigenvalue weighted by atomic mass is 35.5. The van der Waals surface area contributed by atoms with Gasteiger partial charge in [0.25, 0.3) is 0 Å². The molecule has 1 aliphatic heterocycles. The predicted molar refractivity (Wildman–Crippen MR) is 121 cm³/mol. The molecule has 0 amide bonds. The quantitative estimate of drug-likeness (QED) is 0.406. The number of phenols is 1. The number of fused-ring (bicyclic) bond motifs is 1. The number of aromatic carboxylic acids is 1. The average Bonchev–Trinajstić information content (AvgIpc) is 2.76. The zero-order valence-electron chi connectivity index (χ0n) is 16.5. The van der Waals surface area contributed by atoms with Crippen molar-refractivity contribution in [1.29, 1.82) is 0 Å². The van der Waals surface area contributed by atoms with Gasteiger partial charge in [0.05, 0.1) is 35.0 Å². The van der Waals surface area contributed by atoms with Crippen molar-refractivity contribution in [1.82, 2.24) is 9.29 Å². The van der Waals surface area contributed by atoms with Crippen LogP contribution in [0.3, 0.4) is 0 Å². The Bertz CT molecular complexity index is 1140. The topological polar surface area (TPSA) is 121 Å². The van der Waals surface area contributed by atoms with Crippen LogP contribution < -0.4 is 11.1 Å². The molecule has 1 aromatic heterocycles. The predicted octanol–water partition coefficient (Wildman–Crippen LogP) is 3.83. The number of carboxylic acid groups (broad SMARTS) is 1. The number of ether oxygens (including phenoxy) is 1. The Morgan fingerprint density at radius 1 is 1.29 bits per heavy atom. The first-order valence-electron chi connectivity index (χ1n) is 9.62. The van der Waals surface area contributed by atoms with Gasteiger partial charge in [0.15, 0.2) is 0 Å². The summed E-state index contributed by atoms with van der Waals surface area (Å²) in [5.41, 5.74) is 7.36. The van der Waals surface area contributed by atoms with Gasteiger partial charge in [0.1, 0.15) is 11.3 Å². The van der Waals surface area contributed by atoms with E-state index in [0.717, 1.165) is 23.4 Å². The number of nitrogens with zero attached hydrogens (tertiary/aromatic N) is 2. The normalized spacial score (nSPS) is 14.6. The van der Waals surface area contributed by atoms with Crippen LogP contribution in [0.4, 0.5) is 11.4 Å². The number of carbonyl (C=O) groups is 1. The smallest absolute Gasteiger partial charge is 0.341 e. The minimum Gasteiger partial charge on any atom is -0.507 e. The first-order valence-corrected chi connectivity index (χ1v) is 10.8. The van der Waals surface area contributed by atoms with Gasteiger partial charge in [-0.25, -0.2) is 9.10 Å². The van der Waals surface area contributed by atoms with Crippen molar-refractivity contribution in [2.24, 2.45) is 5.73 Å². The van der Waals surface area contributed by atoms with Gasteiger partial charge in [-0.15, -0.1) is 0 Å². The molecule has 1 saturated heterocycles. The molecule has 3 aromatic rings. The van der Waals surface area contributed by atoms with Crippen molar-refractivity contribution in [3.8, 4) is 5.75 Å². The van der Waals surface area contributed by atoms with Gasteiger partial charge in [-0.05, 0) is 36.2 Å². The summed E-state index contributed by atoms with van der Waals surface area (Å²) in [6.45, 7) is 2.81. The molecular weight excluding hydrogens is 440 g/mol. The van der Waals surface area contributed by atoms with E-state index in [1.807, 2.05) is 0 Å². The lowest BCUT2D eigenvalue weighted by Gasteiger charge is -2.26. The van der Waals surface area contributed by atoms with Gasteiger partial charge in [-0.2, -0.15) is 0 Å². The Balaban J connectivity index is 1.83. The number of morpholine rings is 1. The molecule has 0 bridgehead atoms. The Hall–Kier alpha value is -2.56. The molecule has 0 aliphatic carbocycles. The average molecular weight is 461 g/mol. The summed E-state index contributed by atoms with van der Waals surface area (Å²) in [5.74, 6) is -1.60. The van der Waals surface area contributed by atoms with E-state index in [0.29, 0.717) is 35.0 Å². The highest BCUT2D eigenvalue weighted by Gasteiger charge is 2.22. The number of pyridine rings is 1. The Morgan fingerprint density at radius 2 is 2.06 bits per heavy atom. The minimum atomic E-state index is -1.26. The molecular formula is C21H21ClN4O4S. The van der Waals surface area contributed by atoms with Crippen LogP contribution in [-0.4, -0.2) is 51.8 Å². The monoisotopic (exact) mass is 460 g/mol. The van der Waals surface area contributed by atoms with Crippen molar-refractivity contribution < 1.29 is 19.7 Å². The standard InChI is InChI=1S/C21H21ClN4O4S/c22-13-2-4-15-14(9-13)19(17(11-24-15)31-26-5-7-30-8-6-26)25-16-3-1-12(10-23)20(27)18(16)21(28)29/h1-4,9,11,27H,5-8,10,23H2,(H,24,25)(H,28,29). The Kier molecular flexibility index (Phi) is 6.49. The fourth-order valence-electron chi connectivity index (χ4n) is 3.38. The van der Waals surface area contributed by atoms with E-state index in [1.165, 1.54) is 11.9 Å². The largest absolute Gasteiger partial charge is 0.507 e. The molecule has 8 nitrogen and oxygen atoms in total. The number of nitrogens with two attached hydrogens (primary N) is 1. The lowest BCUT2D eigenvalue weighted by molar-refractivity contribution is 0.0694. The van der Waals surface area contributed by atoms with Crippen molar-refractivity contribution in [2.75, 3.05) is 31.6 Å². The minimum absolute atomic E-state index is 0.0261. The molecule has 0 saturated carbocycles. The van der Waals surface area contributed by atoms with Crippen molar-refractivity contribution in [3.63, 3.8) is 0 Å². The van der Waals surface area contributed by atoms with Crippen LogP contribution >= 0.6 is 23.5 Å². The number of halogens is 1. The zero-order chi connectivity index (χ0) is 22.0. The van der Waals surface area contributed by atoms with Crippen LogP contribution in [0.2, 0.25) is 5.02 Å². The van der Waals surface area contributed by atoms with E-state index in [1.54, 1.807) is 36.5 Å². The number of aromatic nitrogens is 1. The summed E-state index contributed by atoms with van der Waals surface area (Å²) in [5, 5.41) is 24.7. The molecule has 2 aromatic carbocycles. The van der Waals surface area contributed by atoms with Crippen LogP contribution in [-0.2, 0) is 11.3 Å². The molecule has 2 heterocycles. The summed E-state index contributed by atoms with van der Waals surface area (Å²) in [6.07, 6.45) is 1.74. The van der Waals surface area contributed by atoms with Gasteiger partial charge in [0, 0.05) is 41.8 Å². The number of anilines is 2. The van der Waals surface area contributed by atoms with Crippen LogP contribution in [0.5, 0.6) is 5.75 Å². The summed E-state index contributed by atoms with van der Waals surface area (Å²) < 4.78 is 7.58. The van der Waals surface area contributed by atoms with E-state index < -0.39 is 5.97 Å². The number of rotatable bonds is 6. The van der Waals surface area contributed by atoms with Crippen LogP contribution in [0.15, 0.2) is 41.4 Å². The summed E-state index contributed by atoms with van der Waals surface area (Å²) in [4.78, 5) is 17.3. The number of benzene rings is 2. The highest BCUT2D eigenvalue weighted by molar-refractivity contribution is 7.97. The molecule has 0 unspecified atom stereocenters. The molecule has 5 N–H and O–H groups in total. The van der Waals surface area contributed by atoms with Gasteiger partial charge in [-0.1, -0.05) is 17.7 Å². The molecule has 4 rings (SSSR count). The second-order valence-corrected chi connectivity index (χ2v) is 8.50. The number of aromatic hydroxyl groups is 1. The van der Waals surface area contributed by atoms with E-state index in [4.69, 9.17) is 22.1 Å². The van der Waals surface area contributed by atoms with E-state index >= 15 is 0 Å². The fraction of sp³-hybridized carbons (Fsp3) is 0.238. The summed E-state index contributed by atoms with van der Waals surface area (Å²) >= 11 is 7.76. The Morgan fingerprint density at radius 3 is 2.77 bits per heavy atom. The third kappa shape index (κ3) is 4.56. The maximum absolute atomic E-state index is 11.9. The molecule has 31 heavy (non-hydrogen) atoms. The van der Waals surface area contributed by atoms with Crippen LogP contribution in [0, 0.1) is 0 Å². The van der Waals surface area contributed by atoms with Crippen LogP contribution in [0.1, 0.15) is 15.9 Å². The Labute approximate surface area is 188 Å². The van der Waals surface area contributed by atoms with Gasteiger partial charge in [0.2, 0.25) is 0 Å². The van der Waals surface area contributed by atoms with Gasteiger partial charge < -0.3 is 26.0 Å². The lowest BCUT2D eigenvalue weighted by Crippen LogP contribution is -2.31. The number of carboxylic acids is 1. The third-order valence-corrected chi connectivity index (χ3v) is 6.31. The lowest BCUT2D eigenvalue weighted by atomic mass is 10.1. The highest BCUT2D eigenvalue weighted by Crippen LogP contribution is 2.40. The first kappa shape index (κ1) is 21.7. The van der Waals surface area contributed by atoms with Gasteiger partial charge >= 0.3 is 5.97 Å². The summed E-state index contributed by atoms with van der Waals surface area (Å²) in [7, 11) is 0. The zero-order valence-corrected chi connectivity index (χ0v) is 18.0. The van der Waals surface area contributed by atoms with Crippen LogP contribution in [0.25, 0.3) is 10.9 Å². The third-order valence-electron chi connectivity index (χ3n) is 4.95. The van der Waals surface area contributed by atoms with Crippen molar-refractivity contribution in [2.45, 2.75) is 11.4 Å². The summed E-state index contributed by atoms with van der Waals surface area (Å²) in [6, 6.07) is 8.55. The molecule has 0 radical (unpaired) electrons. The van der Waals surface area contributed by atoms with E-state index in [2.05, 4.69) is 14.6 Å². The van der Waals surface area contributed by atoms with E-state index in [9.17, 15) is 15.0 Å². The second kappa shape index (κ2) is 9.29. The van der Waals surface area contributed by atoms with Crippen molar-refractivity contribution >= 4 is 51.8 Å². The maximum atomic E-state index is 11.9. The molecule has 1 fully saturated rings. The van der Waals surface area contributed by atoms with Crippen molar-refractivity contribution in [3.05, 3.63) is 52.7 Å². The van der Waals surface area contributed by atoms with Gasteiger partial charge in [-0.3, -0.25) is 4.98 Å².